The van der Waals surface area contributed by atoms with Gasteiger partial charge in [-0.2, -0.15) is 0 Å². The van der Waals surface area contributed by atoms with Gasteiger partial charge in [0.15, 0.2) is 0 Å². The first-order chi connectivity index (χ1) is 4.61. The van der Waals surface area contributed by atoms with Crippen molar-refractivity contribution >= 4 is 11.9 Å². The Bertz CT molecular complexity index is 221. The second-order valence-electron chi connectivity index (χ2n) is 1.97. The van der Waals surface area contributed by atoms with E-state index >= 15 is 0 Å². The van der Waals surface area contributed by atoms with Crippen LogP contribution in [0.2, 0.25) is 0 Å². The average molecular weight is 142 g/mol. The molecule has 1 aliphatic rings. The SMILES string of the molecule is CC1=C[NH+]([O-])C(=O)NC1=O. The lowest BCUT2D eigenvalue weighted by Crippen LogP contribution is -3.08. The van der Waals surface area contributed by atoms with Gasteiger partial charge in [-0.25, -0.2) is 10.1 Å². The van der Waals surface area contributed by atoms with E-state index in [-0.39, 0.29) is 5.57 Å². The van der Waals surface area contributed by atoms with E-state index in [2.05, 4.69) is 0 Å². The first kappa shape index (κ1) is 6.91. The summed E-state index contributed by atoms with van der Waals surface area (Å²) < 4.78 is 0. The van der Waals surface area contributed by atoms with E-state index in [0.717, 1.165) is 6.20 Å². The highest BCUT2D eigenvalue weighted by Crippen LogP contribution is 1.90. The fourth-order valence-corrected chi connectivity index (χ4v) is 0.591. The molecule has 1 rings (SSSR count). The lowest BCUT2D eigenvalue weighted by Gasteiger charge is -2.19. The quantitative estimate of drug-likeness (QED) is 0.405. The number of carbonyl (C=O) groups is 2. The lowest BCUT2D eigenvalue weighted by atomic mass is 10.3. The van der Waals surface area contributed by atoms with Crippen molar-refractivity contribution in [1.82, 2.24) is 5.32 Å². The topological polar surface area (TPSA) is 73.7 Å². The summed E-state index contributed by atoms with van der Waals surface area (Å²) in [6.45, 7) is 1.47. The molecule has 1 heterocycles. The van der Waals surface area contributed by atoms with Crippen LogP contribution in [0.4, 0.5) is 4.79 Å². The van der Waals surface area contributed by atoms with Gasteiger partial charge in [0.25, 0.3) is 5.91 Å². The van der Waals surface area contributed by atoms with Gasteiger partial charge in [0.2, 0.25) is 0 Å². The van der Waals surface area contributed by atoms with Gasteiger partial charge in [-0.15, -0.1) is 0 Å². The van der Waals surface area contributed by atoms with Crippen LogP contribution in [0, 0.1) is 5.21 Å². The number of carbonyl (C=O) groups excluding carboxylic acids is 2. The molecule has 2 N–H and O–H groups in total. The maximum atomic E-state index is 10.6. The number of hydrogen-bond acceptors (Lipinski definition) is 3. The molecule has 0 radical (unpaired) electrons. The number of quaternary nitrogens is 1. The molecule has 10 heavy (non-hydrogen) atoms. The monoisotopic (exact) mass is 142 g/mol. The molecule has 1 unspecified atom stereocenters. The summed E-state index contributed by atoms with van der Waals surface area (Å²) in [4.78, 5) is 21.0. The highest BCUT2D eigenvalue weighted by atomic mass is 16.5. The zero-order valence-electron chi connectivity index (χ0n) is 5.30. The van der Waals surface area contributed by atoms with Crippen molar-refractivity contribution in [2.75, 3.05) is 0 Å². The lowest BCUT2D eigenvalue weighted by molar-refractivity contribution is -0.698. The van der Waals surface area contributed by atoms with Crippen molar-refractivity contribution in [3.05, 3.63) is 17.0 Å². The number of hydrogen-bond donors (Lipinski definition) is 2. The van der Waals surface area contributed by atoms with Crippen LogP contribution >= 0.6 is 0 Å². The fourth-order valence-electron chi connectivity index (χ4n) is 0.591. The van der Waals surface area contributed by atoms with Crippen LogP contribution in [0.15, 0.2) is 11.8 Å². The second kappa shape index (κ2) is 2.20. The van der Waals surface area contributed by atoms with Crippen LogP contribution in [0.1, 0.15) is 6.92 Å². The smallest absolute Gasteiger partial charge is 0.426 e. The van der Waals surface area contributed by atoms with Crippen LogP contribution in [-0.2, 0) is 4.79 Å². The Morgan fingerprint density at radius 2 is 2.20 bits per heavy atom. The van der Waals surface area contributed by atoms with E-state index in [1.165, 1.54) is 6.92 Å². The third-order valence-corrected chi connectivity index (χ3v) is 1.16. The molecule has 0 saturated heterocycles. The maximum Gasteiger partial charge on any atom is 0.426 e. The summed E-state index contributed by atoms with van der Waals surface area (Å²) in [5.41, 5.74) is 0.268. The van der Waals surface area contributed by atoms with Crippen LogP contribution in [-0.4, -0.2) is 11.9 Å². The average Bonchev–Trinajstić information content (AvgIpc) is 1.84. The highest BCUT2D eigenvalue weighted by molar-refractivity contribution is 6.02. The molecule has 0 saturated carbocycles. The Kier molecular flexibility index (Phi) is 1.52. The number of rotatable bonds is 0. The third kappa shape index (κ3) is 1.04. The van der Waals surface area contributed by atoms with Crippen LogP contribution < -0.4 is 10.4 Å². The maximum absolute atomic E-state index is 10.6. The van der Waals surface area contributed by atoms with Gasteiger partial charge >= 0.3 is 6.03 Å². The minimum atomic E-state index is -0.851. The fraction of sp³-hybridized carbons (Fsp3) is 0.200. The van der Waals surface area contributed by atoms with E-state index in [0.29, 0.717) is 0 Å². The van der Waals surface area contributed by atoms with Gasteiger partial charge in [-0.1, -0.05) is 0 Å². The molecule has 54 valence electrons. The molecule has 1 aliphatic heterocycles. The van der Waals surface area contributed by atoms with Crippen molar-refractivity contribution in [1.29, 1.82) is 0 Å². The minimum absolute atomic E-state index is 0.268. The summed E-state index contributed by atoms with van der Waals surface area (Å²) in [5.74, 6) is -0.496. The standard InChI is InChI=1S/C5H6N2O3/c1-3-2-7(10)5(9)6-4(3)8/h2,7H,1H3,(H,6,8,9). The van der Waals surface area contributed by atoms with E-state index in [4.69, 9.17) is 0 Å². The molecular formula is C5H6N2O3. The van der Waals surface area contributed by atoms with Crippen LogP contribution in [0.3, 0.4) is 0 Å². The minimum Gasteiger partial charge on any atom is -0.620 e. The number of nitrogens with one attached hydrogen (secondary N) is 2. The highest BCUT2D eigenvalue weighted by Gasteiger charge is 2.21. The molecule has 0 aliphatic carbocycles. The van der Waals surface area contributed by atoms with Crippen molar-refractivity contribution < 1.29 is 14.7 Å². The number of imide groups is 1. The summed E-state index contributed by atoms with van der Waals surface area (Å²) in [6.07, 6.45) is 1.03. The molecule has 0 aromatic carbocycles. The molecule has 5 nitrogen and oxygen atoms in total. The van der Waals surface area contributed by atoms with Crippen molar-refractivity contribution in [3.8, 4) is 0 Å². The van der Waals surface area contributed by atoms with Crippen molar-refractivity contribution in [2.24, 2.45) is 0 Å². The first-order valence-corrected chi connectivity index (χ1v) is 2.69. The predicted octanol–water partition coefficient (Wildman–Crippen LogP) is -1.48. The largest absolute Gasteiger partial charge is 0.620 e. The molecule has 0 bridgehead atoms. The van der Waals surface area contributed by atoms with Gasteiger partial charge in [0.1, 0.15) is 6.20 Å². The van der Waals surface area contributed by atoms with E-state index in [1.807, 2.05) is 5.32 Å². The third-order valence-electron chi connectivity index (χ3n) is 1.16. The summed E-state index contributed by atoms with van der Waals surface area (Å²) in [7, 11) is 0. The number of urea groups is 1. The number of hydroxylamine groups is 2. The normalized spacial score (nSPS) is 25.8. The Balaban J connectivity index is 2.89. The summed E-state index contributed by atoms with van der Waals surface area (Å²) >= 11 is 0. The van der Waals surface area contributed by atoms with Crippen LogP contribution in [0.5, 0.6) is 0 Å². The Hall–Kier alpha value is -1.20. The summed E-state index contributed by atoms with van der Waals surface area (Å²) in [6, 6.07) is -0.851. The van der Waals surface area contributed by atoms with Crippen molar-refractivity contribution in [3.63, 3.8) is 0 Å². The molecule has 0 fully saturated rings. The second-order valence-corrected chi connectivity index (χ2v) is 1.97. The first-order valence-electron chi connectivity index (χ1n) is 2.69. The van der Waals surface area contributed by atoms with Gasteiger partial charge in [0, 0.05) is 0 Å². The molecule has 3 amide bonds. The Morgan fingerprint density at radius 3 is 2.70 bits per heavy atom. The summed E-state index contributed by atoms with van der Waals surface area (Å²) in [5, 5.41) is 11.7. The molecule has 0 aromatic heterocycles. The van der Waals surface area contributed by atoms with E-state index in [9.17, 15) is 14.8 Å². The zero-order chi connectivity index (χ0) is 7.72. The molecule has 1 atom stereocenters. The molecule has 0 aromatic rings. The predicted molar refractivity (Wildman–Crippen MR) is 31.6 cm³/mol. The van der Waals surface area contributed by atoms with Gasteiger partial charge in [0.05, 0.1) is 5.57 Å². The van der Waals surface area contributed by atoms with Gasteiger partial charge in [-0.3, -0.25) is 9.86 Å². The number of amides is 3. The molecule has 0 spiro atoms. The van der Waals surface area contributed by atoms with E-state index < -0.39 is 17.0 Å². The van der Waals surface area contributed by atoms with Crippen LogP contribution in [0.25, 0.3) is 0 Å². The van der Waals surface area contributed by atoms with Gasteiger partial charge in [-0.05, 0) is 6.92 Å². The Morgan fingerprint density at radius 1 is 1.60 bits per heavy atom. The Labute approximate surface area is 56.9 Å². The molecule has 5 heteroatoms. The van der Waals surface area contributed by atoms with E-state index in [1.54, 1.807) is 0 Å². The zero-order valence-corrected chi connectivity index (χ0v) is 5.30. The molecular weight excluding hydrogens is 136 g/mol. The van der Waals surface area contributed by atoms with Crippen molar-refractivity contribution in [2.45, 2.75) is 6.92 Å². The van der Waals surface area contributed by atoms with Gasteiger partial charge < -0.3 is 5.21 Å².